The molecule has 1 atom stereocenters. The summed E-state index contributed by atoms with van der Waals surface area (Å²) < 4.78 is 5.16. The van der Waals surface area contributed by atoms with Crippen molar-refractivity contribution in [2.75, 3.05) is 26.7 Å². The minimum Gasteiger partial charge on any atom is -0.497 e. The standard InChI is InChI=1S/C18H24N2O5/c1-13(21)20(12-17(22)23)15-6-4-9-19(10-8-15)18(24)14-5-3-7-16(11-14)25-2/h3,5,7,11,15H,4,6,8-10,12H2,1-2H3,(H,22,23). The third-order valence-corrected chi connectivity index (χ3v) is 4.45. The van der Waals surface area contributed by atoms with E-state index < -0.39 is 5.97 Å². The van der Waals surface area contributed by atoms with Gasteiger partial charge in [-0.25, -0.2) is 0 Å². The van der Waals surface area contributed by atoms with Crippen molar-refractivity contribution in [1.82, 2.24) is 9.80 Å². The quantitative estimate of drug-likeness (QED) is 0.874. The Morgan fingerprint density at radius 1 is 1.28 bits per heavy atom. The number of aliphatic carboxylic acids is 1. The molecule has 7 heteroatoms. The third kappa shape index (κ3) is 4.95. The molecule has 1 aromatic rings. The van der Waals surface area contributed by atoms with E-state index in [-0.39, 0.29) is 24.4 Å². The average molecular weight is 348 g/mol. The molecule has 1 aliphatic heterocycles. The molecule has 0 spiro atoms. The summed E-state index contributed by atoms with van der Waals surface area (Å²) >= 11 is 0. The van der Waals surface area contributed by atoms with Crippen LogP contribution in [0.2, 0.25) is 0 Å². The Morgan fingerprint density at radius 2 is 2.04 bits per heavy atom. The number of hydrogen-bond acceptors (Lipinski definition) is 4. The zero-order valence-corrected chi connectivity index (χ0v) is 14.6. The molecule has 0 aliphatic carbocycles. The minimum atomic E-state index is -1.02. The molecular weight excluding hydrogens is 324 g/mol. The van der Waals surface area contributed by atoms with Gasteiger partial charge in [-0.2, -0.15) is 0 Å². The topological polar surface area (TPSA) is 87.2 Å². The number of nitrogens with zero attached hydrogens (tertiary/aromatic N) is 2. The summed E-state index contributed by atoms with van der Waals surface area (Å²) in [6.45, 7) is 2.16. The van der Waals surface area contributed by atoms with Gasteiger partial charge in [-0.3, -0.25) is 14.4 Å². The van der Waals surface area contributed by atoms with E-state index in [4.69, 9.17) is 9.84 Å². The Balaban J connectivity index is 2.06. The predicted octanol–water partition coefficient (Wildman–Crippen LogP) is 1.62. The number of carbonyl (C=O) groups is 3. The number of benzene rings is 1. The van der Waals surface area contributed by atoms with E-state index in [9.17, 15) is 14.4 Å². The highest BCUT2D eigenvalue weighted by molar-refractivity contribution is 5.94. The van der Waals surface area contributed by atoms with Crippen molar-refractivity contribution in [3.8, 4) is 5.75 Å². The van der Waals surface area contributed by atoms with Crippen LogP contribution in [0.15, 0.2) is 24.3 Å². The molecule has 136 valence electrons. The summed E-state index contributed by atoms with van der Waals surface area (Å²) in [5.41, 5.74) is 0.562. The number of likely N-dealkylation sites (tertiary alicyclic amines) is 1. The summed E-state index contributed by atoms with van der Waals surface area (Å²) in [7, 11) is 1.55. The van der Waals surface area contributed by atoms with E-state index in [1.165, 1.54) is 11.8 Å². The Kier molecular flexibility index (Phi) is 6.38. The van der Waals surface area contributed by atoms with E-state index in [2.05, 4.69) is 0 Å². The molecule has 1 aromatic carbocycles. The molecule has 1 unspecified atom stereocenters. The second-order valence-corrected chi connectivity index (χ2v) is 6.15. The van der Waals surface area contributed by atoms with E-state index in [0.717, 1.165) is 6.42 Å². The van der Waals surface area contributed by atoms with Crippen molar-refractivity contribution in [2.24, 2.45) is 0 Å². The molecule has 1 N–H and O–H groups in total. The summed E-state index contributed by atoms with van der Waals surface area (Å²) in [4.78, 5) is 38.6. The van der Waals surface area contributed by atoms with Gasteiger partial charge in [-0.05, 0) is 37.5 Å². The van der Waals surface area contributed by atoms with Crippen molar-refractivity contribution in [3.63, 3.8) is 0 Å². The van der Waals surface area contributed by atoms with Crippen LogP contribution in [0.5, 0.6) is 5.75 Å². The fourth-order valence-electron chi connectivity index (χ4n) is 3.18. The van der Waals surface area contributed by atoms with Gasteiger partial charge in [0.05, 0.1) is 7.11 Å². The first-order chi connectivity index (χ1) is 11.9. The molecule has 25 heavy (non-hydrogen) atoms. The number of carboxylic acid groups (broad SMARTS) is 1. The van der Waals surface area contributed by atoms with Crippen LogP contribution in [-0.2, 0) is 9.59 Å². The predicted molar refractivity (Wildman–Crippen MR) is 91.6 cm³/mol. The molecule has 7 nitrogen and oxygen atoms in total. The minimum absolute atomic E-state index is 0.0767. The summed E-state index contributed by atoms with van der Waals surface area (Å²) in [6, 6.07) is 6.86. The molecule has 1 fully saturated rings. The fraction of sp³-hybridized carbons (Fsp3) is 0.500. The largest absolute Gasteiger partial charge is 0.497 e. The summed E-state index contributed by atoms with van der Waals surface area (Å²) in [5.74, 6) is -0.723. The maximum atomic E-state index is 12.7. The lowest BCUT2D eigenvalue weighted by molar-refractivity contribution is -0.145. The number of carboxylic acids is 1. The second-order valence-electron chi connectivity index (χ2n) is 6.15. The van der Waals surface area contributed by atoms with E-state index >= 15 is 0 Å². The SMILES string of the molecule is COc1cccc(C(=O)N2CCCC(N(CC(=O)O)C(C)=O)CC2)c1. The van der Waals surface area contributed by atoms with Crippen LogP contribution in [0.3, 0.4) is 0 Å². The molecular formula is C18H24N2O5. The molecule has 0 bridgehead atoms. The molecule has 2 rings (SSSR count). The van der Waals surface area contributed by atoms with Crippen LogP contribution in [0.4, 0.5) is 0 Å². The number of carbonyl (C=O) groups excluding carboxylic acids is 2. The van der Waals surface area contributed by atoms with Crippen LogP contribution in [-0.4, -0.2) is 65.5 Å². The molecule has 0 radical (unpaired) electrons. The Morgan fingerprint density at radius 3 is 2.68 bits per heavy atom. The summed E-state index contributed by atoms with van der Waals surface area (Å²) in [5, 5.41) is 9.00. The van der Waals surface area contributed by atoms with Gasteiger partial charge in [0.2, 0.25) is 5.91 Å². The van der Waals surface area contributed by atoms with Crippen molar-refractivity contribution in [3.05, 3.63) is 29.8 Å². The zero-order valence-electron chi connectivity index (χ0n) is 14.6. The Bertz CT molecular complexity index is 646. The van der Waals surface area contributed by atoms with Gasteiger partial charge < -0.3 is 19.6 Å². The fourth-order valence-corrected chi connectivity index (χ4v) is 3.18. The van der Waals surface area contributed by atoms with Crippen LogP contribution < -0.4 is 4.74 Å². The number of hydrogen-bond donors (Lipinski definition) is 1. The Hall–Kier alpha value is -2.57. The second kappa shape index (κ2) is 8.50. The summed E-state index contributed by atoms with van der Waals surface area (Å²) in [6.07, 6.45) is 1.99. The molecule has 1 heterocycles. The van der Waals surface area contributed by atoms with Gasteiger partial charge in [0, 0.05) is 31.6 Å². The monoisotopic (exact) mass is 348 g/mol. The normalized spacial score (nSPS) is 17.5. The molecule has 1 saturated heterocycles. The third-order valence-electron chi connectivity index (χ3n) is 4.45. The number of methoxy groups -OCH3 is 1. The van der Waals surface area contributed by atoms with Crippen molar-refractivity contribution >= 4 is 17.8 Å². The number of ether oxygens (including phenoxy) is 1. The van der Waals surface area contributed by atoms with Crippen LogP contribution >= 0.6 is 0 Å². The van der Waals surface area contributed by atoms with Crippen molar-refractivity contribution < 1.29 is 24.2 Å². The maximum Gasteiger partial charge on any atom is 0.323 e. The first-order valence-corrected chi connectivity index (χ1v) is 8.34. The lowest BCUT2D eigenvalue weighted by Gasteiger charge is -2.28. The highest BCUT2D eigenvalue weighted by atomic mass is 16.5. The van der Waals surface area contributed by atoms with E-state index in [0.29, 0.717) is 37.2 Å². The van der Waals surface area contributed by atoms with Gasteiger partial charge in [0.25, 0.3) is 5.91 Å². The van der Waals surface area contributed by atoms with Crippen molar-refractivity contribution in [1.29, 1.82) is 0 Å². The van der Waals surface area contributed by atoms with Gasteiger partial charge in [0.1, 0.15) is 12.3 Å². The van der Waals surface area contributed by atoms with Gasteiger partial charge in [-0.15, -0.1) is 0 Å². The number of rotatable bonds is 5. The first-order valence-electron chi connectivity index (χ1n) is 8.34. The van der Waals surface area contributed by atoms with Gasteiger partial charge in [0.15, 0.2) is 0 Å². The Labute approximate surface area is 147 Å². The lowest BCUT2D eigenvalue weighted by Crippen LogP contribution is -2.43. The van der Waals surface area contributed by atoms with Crippen LogP contribution in [0.1, 0.15) is 36.5 Å². The smallest absolute Gasteiger partial charge is 0.323 e. The molecule has 0 aromatic heterocycles. The average Bonchev–Trinajstić information content (AvgIpc) is 2.84. The maximum absolute atomic E-state index is 12.7. The van der Waals surface area contributed by atoms with Crippen molar-refractivity contribution in [2.45, 2.75) is 32.2 Å². The van der Waals surface area contributed by atoms with Crippen LogP contribution in [0, 0.1) is 0 Å². The van der Waals surface area contributed by atoms with Gasteiger partial charge >= 0.3 is 5.97 Å². The van der Waals surface area contributed by atoms with E-state index in [1.807, 2.05) is 0 Å². The number of amides is 2. The zero-order chi connectivity index (χ0) is 18.4. The lowest BCUT2D eigenvalue weighted by atomic mass is 10.1. The van der Waals surface area contributed by atoms with Gasteiger partial charge in [-0.1, -0.05) is 6.07 Å². The highest BCUT2D eigenvalue weighted by Crippen LogP contribution is 2.20. The molecule has 2 amide bonds. The van der Waals surface area contributed by atoms with E-state index in [1.54, 1.807) is 36.3 Å². The first kappa shape index (κ1) is 18.8. The molecule has 0 saturated carbocycles. The molecule has 1 aliphatic rings. The van der Waals surface area contributed by atoms with Crippen LogP contribution in [0.25, 0.3) is 0 Å². The highest BCUT2D eigenvalue weighted by Gasteiger charge is 2.27.